The van der Waals surface area contributed by atoms with Crippen molar-refractivity contribution in [3.63, 3.8) is 0 Å². The lowest BCUT2D eigenvalue weighted by atomic mass is 9.78. The van der Waals surface area contributed by atoms with E-state index in [4.69, 9.17) is 0 Å². The molecule has 4 atom stereocenters. The normalized spacial score (nSPS) is 31.7. The molecule has 0 radical (unpaired) electrons. The number of nitrogens with zero attached hydrogens (tertiary/aromatic N) is 1. The number of carbonyl (C=O) groups excluding carboxylic acids is 2. The summed E-state index contributed by atoms with van der Waals surface area (Å²) in [5, 5.41) is 2.90. The van der Waals surface area contributed by atoms with Crippen molar-refractivity contribution in [3.8, 4) is 0 Å². The lowest BCUT2D eigenvalue weighted by Gasteiger charge is -2.46. The molecule has 0 spiro atoms. The molecule has 0 aromatic heterocycles. The van der Waals surface area contributed by atoms with Gasteiger partial charge in [-0.2, -0.15) is 0 Å². The van der Waals surface area contributed by atoms with Crippen LogP contribution in [0.3, 0.4) is 0 Å². The average Bonchev–Trinajstić information content (AvgIpc) is 2.31. The van der Waals surface area contributed by atoms with Crippen LogP contribution in [0, 0.1) is 11.8 Å². The Hall–Kier alpha value is -1.06. The minimum Gasteiger partial charge on any atom is -0.342 e. The molecular weight excluding hydrogens is 240 g/mol. The predicted octanol–water partition coefficient (Wildman–Crippen LogP) is 1.94. The Labute approximate surface area is 115 Å². The van der Waals surface area contributed by atoms with Gasteiger partial charge in [-0.05, 0) is 38.5 Å². The molecule has 2 amide bonds. The fourth-order valence-electron chi connectivity index (χ4n) is 3.14. The highest BCUT2D eigenvalue weighted by atomic mass is 16.2. The summed E-state index contributed by atoms with van der Waals surface area (Å²) >= 11 is 0. The number of nitrogens with one attached hydrogen (secondary N) is 1. The molecule has 1 N–H and O–H groups in total. The zero-order valence-corrected chi connectivity index (χ0v) is 12.5. The number of rotatable bonds is 4. The van der Waals surface area contributed by atoms with Crippen molar-refractivity contribution < 1.29 is 9.59 Å². The smallest absolute Gasteiger partial charge is 0.246 e. The fraction of sp³-hybridized carbons (Fsp3) is 0.867. The third kappa shape index (κ3) is 2.49. The first-order valence-corrected chi connectivity index (χ1v) is 7.59. The molecule has 1 aliphatic heterocycles. The summed E-state index contributed by atoms with van der Waals surface area (Å²) in [4.78, 5) is 26.6. The summed E-state index contributed by atoms with van der Waals surface area (Å²) in [6.07, 6.45) is 4.53. The Balaban J connectivity index is 2.18. The second-order valence-corrected chi connectivity index (χ2v) is 6.22. The van der Waals surface area contributed by atoms with E-state index in [9.17, 15) is 9.59 Å². The van der Waals surface area contributed by atoms with Crippen LogP contribution in [0.1, 0.15) is 53.4 Å². The molecule has 4 nitrogen and oxygen atoms in total. The van der Waals surface area contributed by atoms with Crippen LogP contribution >= 0.6 is 0 Å². The van der Waals surface area contributed by atoms with Gasteiger partial charge in [-0.25, -0.2) is 0 Å². The van der Waals surface area contributed by atoms with E-state index >= 15 is 0 Å². The van der Waals surface area contributed by atoms with E-state index in [1.165, 1.54) is 19.3 Å². The monoisotopic (exact) mass is 266 g/mol. The molecule has 108 valence electrons. The number of amides is 2. The van der Waals surface area contributed by atoms with Crippen molar-refractivity contribution in [3.05, 3.63) is 0 Å². The van der Waals surface area contributed by atoms with Gasteiger partial charge in [0.2, 0.25) is 11.8 Å². The van der Waals surface area contributed by atoms with Gasteiger partial charge in [0.25, 0.3) is 0 Å². The van der Waals surface area contributed by atoms with Gasteiger partial charge >= 0.3 is 0 Å². The minimum absolute atomic E-state index is 0.00364. The van der Waals surface area contributed by atoms with Crippen LogP contribution in [-0.4, -0.2) is 34.8 Å². The van der Waals surface area contributed by atoms with E-state index in [0.29, 0.717) is 5.92 Å². The molecular formula is C15H26N2O2. The summed E-state index contributed by atoms with van der Waals surface area (Å²) < 4.78 is 0. The maximum absolute atomic E-state index is 12.7. The van der Waals surface area contributed by atoms with Crippen molar-refractivity contribution in [1.29, 1.82) is 0 Å². The topological polar surface area (TPSA) is 49.4 Å². The second-order valence-electron chi connectivity index (χ2n) is 6.22. The van der Waals surface area contributed by atoms with Gasteiger partial charge in [-0.3, -0.25) is 9.59 Å². The predicted molar refractivity (Wildman–Crippen MR) is 74.5 cm³/mol. The van der Waals surface area contributed by atoms with E-state index in [2.05, 4.69) is 19.2 Å². The second kappa shape index (κ2) is 5.51. The van der Waals surface area contributed by atoms with Crippen molar-refractivity contribution in [2.45, 2.75) is 71.5 Å². The Morgan fingerprint density at radius 2 is 1.95 bits per heavy atom. The van der Waals surface area contributed by atoms with Gasteiger partial charge < -0.3 is 10.2 Å². The highest BCUT2D eigenvalue weighted by Gasteiger charge is 2.44. The van der Waals surface area contributed by atoms with Gasteiger partial charge in [-0.15, -0.1) is 0 Å². The van der Waals surface area contributed by atoms with E-state index in [0.717, 1.165) is 6.42 Å². The molecule has 19 heavy (non-hydrogen) atoms. The van der Waals surface area contributed by atoms with Gasteiger partial charge in [0.05, 0.1) is 0 Å². The van der Waals surface area contributed by atoms with Gasteiger partial charge in [0.15, 0.2) is 0 Å². The Kier molecular flexibility index (Phi) is 4.16. The van der Waals surface area contributed by atoms with Crippen molar-refractivity contribution in [2.75, 3.05) is 0 Å². The van der Waals surface area contributed by atoms with Crippen molar-refractivity contribution in [2.24, 2.45) is 11.8 Å². The molecule has 1 heterocycles. The maximum atomic E-state index is 12.7. The van der Waals surface area contributed by atoms with Crippen LogP contribution in [0.15, 0.2) is 0 Å². The molecule has 1 saturated carbocycles. The van der Waals surface area contributed by atoms with Crippen molar-refractivity contribution >= 4 is 11.8 Å². The van der Waals surface area contributed by atoms with E-state index in [1.807, 2.05) is 18.7 Å². The zero-order valence-electron chi connectivity index (χ0n) is 12.5. The van der Waals surface area contributed by atoms with Crippen LogP contribution in [0.4, 0.5) is 0 Å². The fourth-order valence-corrected chi connectivity index (χ4v) is 3.14. The third-order valence-corrected chi connectivity index (χ3v) is 5.10. The molecule has 2 rings (SSSR count). The molecule has 0 aromatic carbocycles. The highest BCUT2D eigenvalue weighted by molar-refractivity contribution is 5.97. The third-order valence-electron chi connectivity index (χ3n) is 5.10. The summed E-state index contributed by atoms with van der Waals surface area (Å²) in [5.74, 6) is 0.881. The summed E-state index contributed by atoms with van der Waals surface area (Å²) in [6.45, 7) is 8.03. The van der Waals surface area contributed by atoms with Gasteiger partial charge in [-0.1, -0.05) is 26.7 Å². The highest BCUT2D eigenvalue weighted by Crippen LogP contribution is 2.34. The van der Waals surface area contributed by atoms with Crippen LogP contribution in [0.25, 0.3) is 0 Å². The van der Waals surface area contributed by atoms with E-state index in [1.54, 1.807) is 0 Å². The summed E-state index contributed by atoms with van der Waals surface area (Å²) in [7, 11) is 0. The van der Waals surface area contributed by atoms with Gasteiger partial charge in [0, 0.05) is 6.04 Å². The molecule has 4 unspecified atom stereocenters. The molecule has 2 aliphatic rings. The first-order valence-electron chi connectivity index (χ1n) is 7.59. The summed E-state index contributed by atoms with van der Waals surface area (Å²) in [6, 6.07) is -0.478. The molecule has 1 aliphatic carbocycles. The number of carbonyl (C=O) groups is 2. The van der Waals surface area contributed by atoms with Crippen LogP contribution < -0.4 is 5.32 Å². The first kappa shape index (κ1) is 14.4. The van der Waals surface area contributed by atoms with Crippen LogP contribution in [0.2, 0.25) is 0 Å². The van der Waals surface area contributed by atoms with Crippen LogP contribution in [-0.2, 0) is 9.59 Å². The lowest BCUT2D eigenvalue weighted by Crippen LogP contribution is -2.67. The van der Waals surface area contributed by atoms with Crippen molar-refractivity contribution in [1.82, 2.24) is 10.2 Å². The van der Waals surface area contributed by atoms with E-state index < -0.39 is 0 Å². The number of piperazine rings is 1. The minimum atomic E-state index is -0.337. The maximum Gasteiger partial charge on any atom is 0.246 e. The number of hydrogen-bond acceptors (Lipinski definition) is 2. The Morgan fingerprint density at radius 1 is 1.32 bits per heavy atom. The Bertz CT molecular complexity index is 365. The Morgan fingerprint density at radius 3 is 2.42 bits per heavy atom. The SMILES string of the molecule is CCC(C)C1NC(=O)C(C)N(C(C)C2CCC2)C1=O. The van der Waals surface area contributed by atoms with Crippen LogP contribution in [0.5, 0.6) is 0 Å². The molecule has 1 saturated heterocycles. The summed E-state index contributed by atoms with van der Waals surface area (Å²) in [5.41, 5.74) is 0. The number of hydrogen-bond donors (Lipinski definition) is 1. The average molecular weight is 266 g/mol. The molecule has 0 aromatic rings. The standard InChI is InChI=1S/C15H26N2O2/c1-5-9(2)13-15(19)17(11(4)14(18)16-13)10(3)12-7-6-8-12/h9-13H,5-8H2,1-4H3,(H,16,18). The molecule has 2 fully saturated rings. The van der Waals surface area contributed by atoms with E-state index in [-0.39, 0.29) is 35.9 Å². The molecule has 0 bridgehead atoms. The zero-order chi connectivity index (χ0) is 14.2. The first-order chi connectivity index (χ1) is 8.97. The van der Waals surface area contributed by atoms with Gasteiger partial charge in [0.1, 0.15) is 12.1 Å². The molecule has 4 heteroatoms. The quantitative estimate of drug-likeness (QED) is 0.845. The largest absolute Gasteiger partial charge is 0.342 e. The lowest BCUT2D eigenvalue weighted by molar-refractivity contribution is -0.154.